The maximum atomic E-state index is 10.4. The topological polar surface area (TPSA) is 106 Å². The highest BCUT2D eigenvalue weighted by atomic mass is 32.3. The van der Waals surface area contributed by atoms with Crippen molar-refractivity contribution in [1.29, 1.82) is 0 Å². The number of aryl methyl sites for hydroxylation is 1. The first-order valence-electron chi connectivity index (χ1n) is 3.59. The van der Waals surface area contributed by atoms with Crippen LogP contribution in [-0.4, -0.2) is 18.0 Å². The molecule has 78 valence electrons. The number of nitrogens with zero attached hydrogens (tertiary/aromatic N) is 2. The van der Waals surface area contributed by atoms with Crippen molar-refractivity contribution in [3.63, 3.8) is 0 Å². The van der Waals surface area contributed by atoms with Crippen LogP contribution in [0.1, 0.15) is 5.69 Å². The molecule has 8 heteroatoms. The minimum absolute atomic E-state index is 0.0867. The summed E-state index contributed by atoms with van der Waals surface area (Å²) < 4.78 is 34.8. The molecule has 0 aliphatic rings. The first-order valence-corrected chi connectivity index (χ1v) is 4.96. The van der Waals surface area contributed by atoms with Gasteiger partial charge >= 0.3 is 16.3 Å². The van der Waals surface area contributed by atoms with Crippen LogP contribution in [0.15, 0.2) is 6.07 Å². The lowest BCUT2D eigenvalue weighted by atomic mass is 10.4. The van der Waals surface area contributed by atoms with E-state index < -0.39 is 10.4 Å². The van der Waals surface area contributed by atoms with Gasteiger partial charge in [0.05, 0.1) is 13.1 Å². The van der Waals surface area contributed by atoms with Gasteiger partial charge in [-0.2, -0.15) is 13.0 Å². The van der Waals surface area contributed by atoms with Gasteiger partial charge in [0.25, 0.3) is 5.88 Å². The maximum Gasteiger partial charge on any atom is 0.448 e. The van der Waals surface area contributed by atoms with E-state index in [0.717, 1.165) is 0 Å². The highest BCUT2D eigenvalue weighted by Gasteiger charge is 2.16. The zero-order valence-electron chi connectivity index (χ0n) is 7.63. The molecule has 0 radical (unpaired) electrons. The third-order valence-corrected chi connectivity index (χ3v) is 1.87. The molecule has 0 atom stereocenters. The second-order valence-corrected chi connectivity index (χ2v) is 3.69. The Morgan fingerprint density at radius 1 is 1.64 bits per heavy atom. The first kappa shape index (κ1) is 10.7. The number of nitrogen functional groups attached to an aromatic ring is 1. The molecule has 0 saturated heterocycles. The monoisotopic (exact) mass is 220 g/mol. The number of aromatic nitrogens is 2. The molecule has 0 spiro atoms. The van der Waals surface area contributed by atoms with E-state index in [2.05, 4.69) is 9.17 Å². The summed E-state index contributed by atoms with van der Waals surface area (Å²) >= 11 is 0. The molecule has 0 aliphatic carbocycles. The molecule has 14 heavy (non-hydrogen) atoms. The van der Waals surface area contributed by atoms with Gasteiger partial charge in [-0.15, -0.1) is 0 Å². The minimum Gasteiger partial charge on any atom is -0.329 e. The second-order valence-electron chi connectivity index (χ2n) is 2.66. The normalized spacial score (nSPS) is 11.4. The minimum atomic E-state index is -4.54. The third-order valence-electron chi connectivity index (χ3n) is 1.49. The van der Waals surface area contributed by atoms with Crippen molar-refractivity contribution in [1.82, 2.24) is 4.98 Å². The summed E-state index contributed by atoms with van der Waals surface area (Å²) in [6.45, 7) is 1.62. The SMILES string of the molecule is Cc1cc(OS(=O)(=O)O)[n+](C)c(N)n1. The standard InChI is InChI=1S/C6H9N3O4S/c1-4-3-5(13-14(10,11)12)9(2)6(7)8-4/h3,7H,1-2H3,(H,10,11,12)/p+1. The lowest BCUT2D eigenvalue weighted by Gasteiger charge is -2.03. The lowest BCUT2D eigenvalue weighted by Crippen LogP contribution is -2.36. The Morgan fingerprint density at radius 3 is 2.71 bits per heavy atom. The van der Waals surface area contributed by atoms with Gasteiger partial charge < -0.3 is 4.18 Å². The number of nitrogens with two attached hydrogens (primary N) is 1. The Morgan fingerprint density at radius 2 is 2.21 bits per heavy atom. The van der Waals surface area contributed by atoms with Crippen LogP contribution in [0.2, 0.25) is 0 Å². The zero-order valence-corrected chi connectivity index (χ0v) is 8.45. The summed E-state index contributed by atoms with van der Waals surface area (Å²) in [5, 5.41) is 0. The van der Waals surface area contributed by atoms with Crippen LogP contribution in [0.5, 0.6) is 5.88 Å². The quantitative estimate of drug-likeness (QED) is 0.488. The van der Waals surface area contributed by atoms with E-state index in [-0.39, 0.29) is 11.8 Å². The fraction of sp³-hybridized carbons (Fsp3) is 0.333. The zero-order chi connectivity index (χ0) is 10.9. The molecule has 0 amide bonds. The summed E-state index contributed by atoms with van der Waals surface area (Å²) in [5.41, 5.74) is 5.92. The molecule has 0 fully saturated rings. The molecular formula is C6H10N3O4S+. The number of hydrogen-bond donors (Lipinski definition) is 2. The number of rotatable bonds is 2. The summed E-state index contributed by atoms with van der Waals surface area (Å²) in [5.74, 6) is -0.0128. The Labute approximate surface area is 81.1 Å². The van der Waals surface area contributed by atoms with Gasteiger partial charge in [-0.1, -0.05) is 4.98 Å². The second kappa shape index (κ2) is 3.39. The van der Waals surface area contributed by atoms with Gasteiger partial charge in [0.15, 0.2) is 0 Å². The number of anilines is 1. The van der Waals surface area contributed by atoms with E-state index in [1.165, 1.54) is 17.7 Å². The van der Waals surface area contributed by atoms with Gasteiger partial charge in [-0.05, 0) is 6.92 Å². The molecule has 0 saturated carbocycles. The van der Waals surface area contributed by atoms with E-state index in [1.807, 2.05) is 0 Å². The van der Waals surface area contributed by atoms with Crippen molar-refractivity contribution < 1.29 is 21.7 Å². The fourth-order valence-electron chi connectivity index (χ4n) is 0.864. The average Bonchev–Trinajstić information content (AvgIpc) is 1.96. The average molecular weight is 220 g/mol. The fourth-order valence-corrected chi connectivity index (χ4v) is 1.24. The Bertz CT molecular complexity index is 456. The van der Waals surface area contributed by atoms with Crippen LogP contribution >= 0.6 is 0 Å². The molecule has 0 unspecified atom stereocenters. The molecule has 0 aliphatic heterocycles. The molecule has 1 heterocycles. The van der Waals surface area contributed by atoms with Crippen LogP contribution in [-0.2, 0) is 17.4 Å². The first-order chi connectivity index (χ1) is 6.29. The molecule has 1 aromatic heterocycles. The summed E-state index contributed by atoms with van der Waals surface area (Å²) in [6.07, 6.45) is 0. The van der Waals surface area contributed by atoms with Crippen molar-refractivity contribution in [3.8, 4) is 5.88 Å². The van der Waals surface area contributed by atoms with Crippen LogP contribution < -0.4 is 14.5 Å². The maximum absolute atomic E-state index is 10.4. The van der Waals surface area contributed by atoms with Crippen LogP contribution in [0.4, 0.5) is 5.95 Å². The molecule has 3 N–H and O–H groups in total. The van der Waals surface area contributed by atoms with Gasteiger partial charge in [0.1, 0.15) is 5.69 Å². The summed E-state index contributed by atoms with van der Waals surface area (Å²) in [6, 6.07) is 1.34. The number of hydrogen-bond acceptors (Lipinski definition) is 5. The van der Waals surface area contributed by atoms with Gasteiger partial charge in [0.2, 0.25) is 0 Å². The lowest BCUT2D eigenvalue weighted by molar-refractivity contribution is -0.662. The van der Waals surface area contributed by atoms with E-state index in [0.29, 0.717) is 5.69 Å². The van der Waals surface area contributed by atoms with E-state index in [1.54, 1.807) is 6.92 Å². The van der Waals surface area contributed by atoms with Crippen molar-refractivity contribution in [2.24, 2.45) is 7.05 Å². The molecule has 1 aromatic rings. The van der Waals surface area contributed by atoms with Crippen LogP contribution in [0.25, 0.3) is 0 Å². The summed E-state index contributed by atoms with van der Waals surface area (Å²) in [4.78, 5) is 3.85. The van der Waals surface area contributed by atoms with E-state index >= 15 is 0 Å². The molecular weight excluding hydrogens is 210 g/mol. The van der Waals surface area contributed by atoms with Gasteiger partial charge in [0, 0.05) is 0 Å². The van der Waals surface area contributed by atoms with Crippen molar-refractivity contribution in [3.05, 3.63) is 11.8 Å². The van der Waals surface area contributed by atoms with Crippen LogP contribution in [0.3, 0.4) is 0 Å². The van der Waals surface area contributed by atoms with Crippen molar-refractivity contribution in [2.45, 2.75) is 6.92 Å². The highest BCUT2D eigenvalue weighted by molar-refractivity contribution is 7.81. The molecule has 1 rings (SSSR count). The Hall–Kier alpha value is -1.41. The molecule has 0 aromatic carbocycles. The highest BCUT2D eigenvalue weighted by Crippen LogP contribution is 2.08. The molecule has 7 nitrogen and oxygen atoms in total. The third kappa shape index (κ3) is 2.54. The molecule has 0 bridgehead atoms. The Balaban J connectivity index is 3.22. The largest absolute Gasteiger partial charge is 0.448 e. The summed E-state index contributed by atoms with van der Waals surface area (Å²) in [7, 11) is -3.08. The van der Waals surface area contributed by atoms with Gasteiger partial charge in [-0.25, -0.2) is 0 Å². The van der Waals surface area contributed by atoms with Crippen LogP contribution in [0, 0.1) is 6.92 Å². The van der Waals surface area contributed by atoms with E-state index in [9.17, 15) is 8.42 Å². The van der Waals surface area contributed by atoms with E-state index in [4.69, 9.17) is 10.3 Å². The van der Waals surface area contributed by atoms with Crippen molar-refractivity contribution >= 4 is 16.3 Å². The predicted molar refractivity (Wildman–Crippen MR) is 46.7 cm³/mol. The predicted octanol–water partition coefficient (Wildman–Crippen LogP) is -1.02. The Kier molecular flexibility index (Phi) is 2.58. The van der Waals surface area contributed by atoms with Gasteiger partial charge in [-0.3, -0.25) is 10.3 Å². The van der Waals surface area contributed by atoms with Crippen molar-refractivity contribution in [2.75, 3.05) is 5.73 Å². The smallest absolute Gasteiger partial charge is 0.329 e.